The van der Waals surface area contributed by atoms with Gasteiger partial charge in [-0.15, -0.1) is 0 Å². The third kappa shape index (κ3) is 14.9. The van der Waals surface area contributed by atoms with Crippen molar-refractivity contribution in [3.8, 4) is 0 Å². The number of carboxylic acid groups (broad SMARTS) is 5. The minimum atomic E-state index is -1.33. The zero-order chi connectivity index (χ0) is 35.8. The molecule has 0 saturated carbocycles. The molecule has 1 atom stereocenters. The number of hydrogen-bond acceptors (Lipinski definition) is 12. The van der Waals surface area contributed by atoms with E-state index in [2.05, 4.69) is 10.6 Å². The summed E-state index contributed by atoms with van der Waals surface area (Å²) in [6.07, 6.45) is 2.36. The number of imide groups is 1. The maximum Gasteiger partial charge on any atom is 0.317 e. The first-order valence-corrected chi connectivity index (χ1v) is 14.5. The van der Waals surface area contributed by atoms with E-state index in [1.165, 1.54) is 4.90 Å². The Hall–Kier alpha value is -5.24. The summed E-state index contributed by atoms with van der Waals surface area (Å²) in [6.45, 7) is -3.54. The van der Waals surface area contributed by atoms with E-state index in [4.69, 9.17) is 10.2 Å². The van der Waals surface area contributed by atoms with Gasteiger partial charge < -0.3 is 36.2 Å². The van der Waals surface area contributed by atoms with Gasteiger partial charge in [0.1, 0.15) is 0 Å². The van der Waals surface area contributed by atoms with E-state index >= 15 is 0 Å². The van der Waals surface area contributed by atoms with E-state index in [0.29, 0.717) is 11.3 Å². The quantitative estimate of drug-likeness (QED) is 0.0435. The topological polar surface area (TPSA) is 275 Å². The molecule has 19 heteroatoms. The molecule has 0 unspecified atom stereocenters. The van der Waals surface area contributed by atoms with E-state index in [1.54, 1.807) is 24.3 Å². The number of nitrogens with zero attached hydrogens (tertiary/aromatic N) is 4. The highest BCUT2D eigenvalue weighted by atomic mass is 16.4. The molecule has 2 rings (SSSR count). The lowest BCUT2D eigenvalue weighted by Crippen LogP contribution is -2.51. The van der Waals surface area contributed by atoms with Crippen LogP contribution in [0, 0.1) is 0 Å². The van der Waals surface area contributed by atoms with Gasteiger partial charge in [-0.1, -0.05) is 12.1 Å². The van der Waals surface area contributed by atoms with E-state index < -0.39 is 86.3 Å². The molecule has 1 heterocycles. The average Bonchev–Trinajstić information content (AvgIpc) is 3.29. The minimum Gasteiger partial charge on any atom is -0.480 e. The monoisotopic (exact) mass is 678 g/mol. The standard InChI is InChI=1S/C29H38N6O13/c36-22(12-30-7-8-35-23(37)5-6-24(35)38)31-20-3-1-19(2-4-20)11-21(34(17-28(45)46)18-29(47)48)13-32(14-25(39)40)9-10-33(15-26(41)42)16-27(43)44/h1-6,21,30H,7-18H2,(H,31,36)(H,39,40)(H,41,42)(H,43,44)(H,45,46)(H,47,48)/t21-/m1/s1. The number of rotatable bonds is 24. The number of carbonyl (C=O) groups excluding carboxylic acids is 3. The third-order valence-corrected chi connectivity index (χ3v) is 6.88. The molecule has 1 aliphatic heterocycles. The Morgan fingerprint density at radius 3 is 1.67 bits per heavy atom. The predicted molar refractivity (Wildman–Crippen MR) is 164 cm³/mol. The fraction of sp³-hybridized carbons (Fsp3) is 0.448. The van der Waals surface area contributed by atoms with Gasteiger partial charge >= 0.3 is 29.8 Å². The zero-order valence-corrected chi connectivity index (χ0v) is 25.8. The molecule has 3 amide bonds. The van der Waals surface area contributed by atoms with E-state index in [9.17, 15) is 53.7 Å². The van der Waals surface area contributed by atoms with Gasteiger partial charge in [0.15, 0.2) is 0 Å². The number of anilines is 1. The summed E-state index contributed by atoms with van der Waals surface area (Å²) in [4.78, 5) is 97.4. The summed E-state index contributed by atoms with van der Waals surface area (Å²) >= 11 is 0. The van der Waals surface area contributed by atoms with Crippen molar-refractivity contribution in [2.45, 2.75) is 12.5 Å². The Morgan fingerprint density at radius 2 is 1.17 bits per heavy atom. The second kappa shape index (κ2) is 19.4. The fourth-order valence-electron chi connectivity index (χ4n) is 4.82. The molecule has 1 aliphatic rings. The lowest BCUT2D eigenvalue weighted by Gasteiger charge is -2.34. The van der Waals surface area contributed by atoms with Crippen LogP contribution in [0.5, 0.6) is 0 Å². The first kappa shape index (κ1) is 38.9. The van der Waals surface area contributed by atoms with Gasteiger partial charge in [-0.2, -0.15) is 0 Å². The molecular formula is C29H38N6O13. The molecule has 48 heavy (non-hydrogen) atoms. The van der Waals surface area contributed by atoms with Crippen LogP contribution in [0.3, 0.4) is 0 Å². The lowest BCUT2D eigenvalue weighted by atomic mass is 10.0. The molecule has 262 valence electrons. The smallest absolute Gasteiger partial charge is 0.317 e. The predicted octanol–water partition coefficient (Wildman–Crippen LogP) is -2.62. The highest BCUT2D eigenvalue weighted by Gasteiger charge is 2.27. The molecule has 19 nitrogen and oxygen atoms in total. The molecule has 0 saturated heterocycles. The number of nitrogens with one attached hydrogen (secondary N) is 2. The number of aliphatic carboxylic acids is 5. The summed E-state index contributed by atoms with van der Waals surface area (Å²) in [6, 6.07) is 5.45. The Bertz CT molecular complexity index is 1330. The normalized spacial score (nSPS) is 13.4. The van der Waals surface area contributed by atoms with Crippen molar-refractivity contribution in [1.82, 2.24) is 24.9 Å². The molecule has 1 aromatic carbocycles. The number of carboxylic acids is 5. The van der Waals surface area contributed by atoms with Crippen molar-refractivity contribution in [1.29, 1.82) is 0 Å². The summed E-state index contributed by atoms with van der Waals surface area (Å²) in [5, 5.41) is 52.2. The van der Waals surface area contributed by atoms with Crippen molar-refractivity contribution in [2.24, 2.45) is 0 Å². The number of amides is 3. The molecular weight excluding hydrogens is 640 g/mol. The first-order chi connectivity index (χ1) is 22.6. The van der Waals surface area contributed by atoms with Gasteiger partial charge in [0.2, 0.25) is 5.91 Å². The Morgan fingerprint density at radius 1 is 0.688 bits per heavy atom. The van der Waals surface area contributed by atoms with E-state index in [-0.39, 0.29) is 45.7 Å². The summed E-state index contributed by atoms with van der Waals surface area (Å²) in [7, 11) is 0. The largest absolute Gasteiger partial charge is 0.480 e. The molecule has 1 aromatic rings. The second-order valence-corrected chi connectivity index (χ2v) is 10.8. The van der Waals surface area contributed by atoms with Crippen LogP contribution in [-0.2, 0) is 44.8 Å². The van der Waals surface area contributed by atoms with Crippen LogP contribution in [0.4, 0.5) is 5.69 Å². The van der Waals surface area contributed by atoms with Crippen LogP contribution in [0.1, 0.15) is 5.56 Å². The molecule has 7 N–H and O–H groups in total. The van der Waals surface area contributed by atoms with Gasteiger partial charge in [0.25, 0.3) is 11.8 Å². The highest BCUT2D eigenvalue weighted by Crippen LogP contribution is 2.15. The highest BCUT2D eigenvalue weighted by molar-refractivity contribution is 6.12. The van der Waals surface area contributed by atoms with Crippen LogP contribution in [0.25, 0.3) is 0 Å². The lowest BCUT2D eigenvalue weighted by molar-refractivity contribution is -0.144. The van der Waals surface area contributed by atoms with Crippen LogP contribution < -0.4 is 10.6 Å². The van der Waals surface area contributed by atoms with Crippen LogP contribution in [0.2, 0.25) is 0 Å². The SMILES string of the molecule is O=C(O)CN(CCN(CC(=O)O)C[C@@H](Cc1ccc(NC(=O)CNCCN2C(=O)C=CC2=O)cc1)N(CC(=O)O)CC(=O)O)CC(=O)O. The summed E-state index contributed by atoms with van der Waals surface area (Å²) < 4.78 is 0. The molecule has 0 fully saturated rings. The third-order valence-electron chi connectivity index (χ3n) is 6.88. The summed E-state index contributed by atoms with van der Waals surface area (Å²) in [5.74, 6) is -7.82. The maximum atomic E-state index is 12.4. The maximum absolute atomic E-state index is 12.4. The summed E-state index contributed by atoms with van der Waals surface area (Å²) in [5.41, 5.74) is 0.979. The Balaban J connectivity index is 2.13. The number of benzene rings is 1. The molecule has 0 aromatic heterocycles. The van der Waals surface area contributed by atoms with E-state index in [1.807, 2.05) is 0 Å². The number of hydrogen-bond donors (Lipinski definition) is 7. The van der Waals surface area contributed by atoms with Crippen LogP contribution in [0.15, 0.2) is 36.4 Å². The van der Waals surface area contributed by atoms with Gasteiger partial charge in [-0.05, 0) is 24.1 Å². The zero-order valence-electron chi connectivity index (χ0n) is 25.8. The minimum absolute atomic E-state index is 0.0449. The van der Waals surface area contributed by atoms with Crippen molar-refractivity contribution >= 4 is 53.3 Å². The van der Waals surface area contributed by atoms with Crippen LogP contribution >= 0.6 is 0 Å². The van der Waals surface area contributed by atoms with Crippen molar-refractivity contribution in [2.75, 3.05) is 77.3 Å². The van der Waals surface area contributed by atoms with Crippen molar-refractivity contribution in [3.05, 3.63) is 42.0 Å². The second-order valence-electron chi connectivity index (χ2n) is 10.8. The molecule has 0 spiro atoms. The molecule has 0 radical (unpaired) electrons. The van der Waals surface area contributed by atoms with Gasteiger partial charge in [-0.3, -0.25) is 58.0 Å². The van der Waals surface area contributed by atoms with Gasteiger partial charge in [0, 0.05) is 56.6 Å². The Kier molecular flexibility index (Phi) is 15.8. The average molecular weight is 679 g/mol. The molecule has 0 aliphatic carbocycles. The van der Waals surface area contributed by atoms with Crippen molar-refractivity contribution < 1.29 is 63.9 Å². The molecule has 0 bridgehead atoms. The van der Waals surface area contributed by atoms with Gasteiger partial charge in [0.05, 0.1) is 39.3 Å². The van der Waals surface area contributed by atoms with E-state index in [0.717, 1.165) is 26.9 Å². The fourth-order valence-corrected chi connectivity index (χ4v) is 4.82. The Labute approximate surface area is 274 Å². The number of carbonyl (C=O) groups is 8. The van der Waals surface area contributed by atoms with Gasteiger partial charge in [-0.25, -0.2) is 0 Å². The van der Waals surface area contributed by atoms with Crippen molar-refractivity contribution in [3.63, 3.8) is 0 Å². The van der Waals surface area contributed by atoms with Crippen LogP contribution in [-0.4, -0.2) is 171 Å². The first-order valence-electron chi connectivity index (χ1n) is 14.5.